The van der Waals surface area contributed by atoms with E-state index < -0.39 is 5.60 Å². The molecule has 0 amide bonds. The highest BCUT2D eigenvalue weighted by atomic mass is 16.5. The third kappa shape index (κ3) is 3.63. The van der Waals surface area contributed by atoms with Crippen LogP contribution < -0.4 is 0 Å². The maximum atomic E-state index is 13.6. The third-order valence-electron chi connectivity index (χ3n) is 10.5. The van der Waals surface area contributed by atoms with E-state index in [2.05, 4.69) is 17.0 Å². The average Bonchev–Trinajstić information content (AvgIpc) is 3.38. The van der Waals surface area contributed by atoms with Crippen LogP contribution in [-0.4, -0.2) is 45.0 Å². The van der Waals surface area contributed by atoms with Gasteiger partial charge in [0, 0.05) is 19.2 Å². The summed E-state index contributed by atoms with van der Waals surface area (Å²) in [6, 6.07) is 3.84. The standard InChI is InChI=1S/C28H39N3O3/c1-27-11-9-20-19-10-12-28(33,17-34-2)14-18(19)5-6-21(20)22(27)7-8-23(27)26(32)16-31-15-25-24(30-31)4-3-13-29-25/h3-4,13,15,18-23,33H,5-12,14,16-17H2,1-2H3/t18-,19+,20-,21-,22+,23-,27+,28-/m1/s1. The minimum atomic E-state index is -0.621. The molecule has 2 aromatic rings. The van der Waals surface area contributed by atoms with Crippen molar-refractivity contribution in [2.75, 3.05) is 13.7 Å². The number of carbonyl (C=O) groups excluding carboxylic acids is 1. The van der Waals surface area contributed by atoms with Crippen molar-refractivity contribution in [2.45, 2.75) is 76.9 Å². The monoisotopic (exact) mass is 465 g/mol. The van der Waals surface area contributed by atoms with Crippen LogP contribution in [-0.2, 0) is 16.1 Å². The van der Waals surface area contributed by atoms with Gasteiger partial charge in [-0.2, -0.15) is 5.10 Å². The smallest absolute Gasteiger partial charge is 0.157 e. The Morgan fingerprint density at radius 1 is 1.12 bits per heavy atom. The van der Waals surface area contributed by atoms with Gasteiger partial charge in [0.2, 0.25) is 0 Å². The first-order valence-corrected chi connectivity index (χ1v) is 13.4. The summed E-state index contributed by atoms with van der Waals surface area (Å²) in [4.78, 5) is 17.9. The molecule has 184 valence electrons. The molecule has 2 aromatic heterocycles. The van der Waals surface area contributed by atoms with Crippen molar-refractivity contribution in [1.29, 1.82) is 0 Å². The Kier molecular flexibility index (Phi) is 5.60. The molecule has 0 aliphatic heterocycles. The third-order valence-corrected chi connectivity index (χ3v) is 10.5. The average molecular weight is 466 g/mol. The number of Topliss-reactive ketones (excluding diaryl/α,β-unsaturated/α-hetero) is 1. The number of fused-ring (bicyclic) bond motifs is 6. The van der Waals surface area contributed by atoms with E-state index in [1.54, 1.807) is 18.0 Å². The van der Waals surface area contributed by atoms with E-state index in [4.69, 9.17) is 4.74 Å². The van der Waals surface area contributed by atoms with Crippen LogP contribution >= 0.6 is 0 Å². The highest BCUT2D eigenvalue weighted by Gasteiger charge is 2.59. The lowest BCUT2D eigenvalue weighted by Gasteiger charge is -2.57. The highest BCUT2D eigenvalue weighted by molar-refractivity contribution is 5.82. The van der Waals surface area contributed by atoms with Gasteiger partial charge in [0.1, 0.15) is 11.0 Å². The molecule has 1 N–H and O–H groups in total. The zero-order valence-electron chi connectivity index (χ0n) is 20.7. The van der Waals surface area contributed by atoms with Crippen LogP contribution in [0, 0.1) is 40.9 Å². The molecule has 0 bridgehead atoms. The number of aromatic nitrogens is 3. The van der Waals surface area contributed by atoms with Gasteiger partial charge in [-0.15, -0.1) is 0 Å². The number of hydrogen-bond donors (Lipinski definition) is 1. The SMILES string of the molecule is COC[C@@]1(O)CC[C@H]2[C@H](CC[C@@H]3[C@@H]2CC[C@]2(C)[C@@H](C(=O)Cn4cc5ncccc5n4)CC[C@@H]32)C1. The van der Waals surface area contributed by atoms with Crippen molar-refractivity contribution >= 4 is 16.8 Å². The Morgan fingerprint density at radius 2 is 1.97 bits per heavy atom. The first kappa shape index (κ1) is 22.7. The predicted octanol–water partition coefficient (Wildman–Crippen LogP) is 4.65. The van der Waals surface area contributed by atoms with Crippen LogP contribution in [0.1, 0.15) is 64.7 Å². The van der Waals surface area contributed by atoms with Gasteiger partial charge in [-0.1, -0.05) is 6.92 Å². The molecule has 8 atom stereocenters. The second kappa shape index (κ2) is 8.41. The lowest BCUT2D eigenvalue weighted by Crippen LogP contribution is -2.52. The molecule has 2 heterocycles. The number of ether oxygens (including phenoxy) is 1. The lowest BCUT2D eigenvalue weighted by molar-refractivity contribution is -0.136. The Morgan fingerprint density at radius 3 is 2.79 bits per heavy atom. The summed E-state index contributed by atoms with van der Waals surface area (Å²) in [5.74, 6) is 4.09. The Bertz CT molecular complexity index is 1040. The van der Waals surface area contributed by atoms with Crippen LogP contribution in [0.4, 0.5) is 0 Å². The summed E-state index contributed by atoms with van der Waals surface area (Å²) in [5, 5.41) is 15.6. The summed E-state index contributed by atoms with van der Waals surface area (Å²) in [6.45, 7) is 3.26. The van der Waals surface area contributed by atoms with Crippen LogP contribution in [0.2, 0.25) is 0 Å². The van der Waals surface area contributed by atoms with Crippen LogP contribution in [0.3, 0.4) is 0 Å². The van der Waals surface area contributed by atoms with Crippen molar-refractivity contribution in [3.63, 3.8) is 0 Å². The highest BCUT2D eigenvalue weighted by Crippen LogP contribution is 2.64. The predicted molar refractivity (Wildman–Crippen MR) is 130 cm³/mol. The van der Waals surface area contributed by atoms with E-state index in [-0.39, 0.29) is 11.3 Å². The molecule has 4 aliphatic carbocycles. The summed E-state index contributed by atoms with van der Waals surface area (Å²) < 4.78 is 7.15. The molecule has 0 aromatic carbocycles. The number of carbonyl (C=O) groups is 1. The molecule has 6 rings (SSSR count). The maximum Gasteiger partial charge on any atom is 0.157 e. The van der Waals surface area contributed by atoms with Crippen molar-refractivity contribution in [2.24, 2.45) is 40.9 Å². The van der Waals surface area contributed by atoms with E-state index in [1.165, 1.54) is 32.1 Å². The Balaban J connectivity index is 1.16. The first-order valence-electron chi connectivity index (χ1n) is 13.4. The number of rotatable bonds is 5. The van der Waals surface area contributed by atoms with E-state index in [0.29, 0.717) is 30.8 Å². The van der Waals surface area contributed by atoms with E-state index in [9.17, 15) is 9.90 Å². The number of ketones is 1. The molecular formula is C28H39N3O3. The first-order chi connectivity index (χ1) is 16.4. The molecule has 4 aliphatic rings. The number of pyridine rings is 1. The molecular weight excluding hydrogens is 426 g/mol. The molecule has 4 saturated carbocycles. The van der Waals surface area contributed by atoms with Crippen LogP contribution in [0.15, 0.2) is 24.5 Å². The van der Waals surface area contributed by atoms with Crippen molar-refractivity contribution in [1.82, 2.24) is 14.8 Å². The number of methoxy groups -OCH3 is 1. The Hall–Kier alpha value is -1.79. The minimum absolute atomic E-state index is 0.126. The van der Waals surface area contributed by atoms with E-state index in [0.717, 1.165) is 54.5 Å². The second-order valence-electron chi connectivity index (χ2n) is 12.2. The molecule has 4 fully saturated rings. The second-order valence-corrected chi connectivity index (χ2v) is 12.2. The number of aliphatic hydroxyl groups is 1. The van der Waals surface area contributed by atoms with Gasteiger partial charge in [-0.05, 0) is 105 Å². The van der Waals surface area contributed by atoms with Crippen LogP contribution in [0.25, 0.3) is 11.0 Å². The lowest BCUT2D eigenvalue weighted by atomic mass is 9.49. The van der Waals surface area contributed by atoms with Crippen LogP contribution in [0.5, 0.6) is 0 Å². The molecule has 6 heteroatoms. The number of hydrogen-bond acceptors (Lipinski definition) is 5. The zero-order valence-corrected chi connectivity index (χ0v) is 20.7. The fraction of sp³-hybridized carbons (Fsp3) is 0.750. The quantitative estimate of drug-likeness (QED) is 0.696. The topological polar surface area (TPSA) is 77.2 Å². The maximum absolute atomic E-state index is 13.6. The minimum Gasteiger partial charge on any atom is -0.387 e. The molecule has 6 nitrogen and oxygen atoms in total. The van der Waals surface area contributed by atoms with Gasteiger partial charge >= 0.3 is 0 Å². The molecule has 0 unspecified atom stereocenters. The van der Waals surface area contributed by atoms with Crippen molar-refractivity contribution in [3.05, 3.63) is 24.5 Å². The summed E-state index contributed by atoms with van der Waals surface area (Å²) in [6.07, 6.45) is 13.8. The molecule has 0 saturated heterocycles. The van der Waals surface area contributed by atoms with Crippen molar-refractivity contribution < 1.29 is 14.6 Å². The molecule has 0 spiro atoms. The van der Waals surface area contributed by atoms with Gasteiger partial charge in [-0.25, -0.2) is 0 Å². The molecule has 0 radical (unpaired) electrons. The normalized spacial score (nSPS) is 41.6. The largest absolute Gasteiger partial charge is 0.387 e. The van der Waals surface area contributed by atoms with Gasteiger partial charge in [0.15, 0.2) is 5.78 Å². The molecule has 34 heavy (non-hydrogen) atoms. The van der Waals surface area contributed by atoms with E-state index in [1.807, 2.05) is 18.3 Å². The summed E-state index contributed by atoms with van der Waals surface area (Å²) >= 11 is 0. The van der Waals surface area contributed by atoms with Crippen molar-refractivity contribution in [3.8, 4) is 0 Å². The zero-order chi connectivity index (χ0) is 23.5. The number of nitrogens with zero attached hydrogens (tertiary/aromatic N) is 3. The van der Waals surface area contributed by atoms with Gasteiger partial charge in [-0.3, -0.25) is 14.5 Å². The van der Waals surface area contributed by atoms with Gasteiger partial charge in [0.25, 0.3) is 0 Å². The van der Waals surface area contributed by atoms with E-state index >= 15 is 0 Å². The fourth-order valence-electron chi connectivity index (χ4n) is 9.14. The fourth-order valence-corrected chi connectivity index (χ4v) is 9.14. The van der Waals surface area contributed by atoms with Gasteiger partial charge < -0.3 is 9.84 Å². The Labute approximate surface area is 202 Å². The summed E-state index contributed by atoms with van der Waals surface area (Å²) in [5.41, 5.74) is 1.21. The van der Waals surface area contributed by atoms with Gasteiger partial charge in [0.05, 0.1) is 24.9 Å². The summed E-state index contributed by atoms with van der Waals surface area (Å²) in [7, 11) is 1.70.